The van der Waals surface area contributed by atoms with Crippen LogP contribution in [0, 0.1) is 10.1 Å². The number of hydrogen-bond acceptors (Lipinski definition) is 7. The number of nitrogens with zero attached hydrogens (tertiary/aromatic N) is 3. The molecule has 0 spiro atoms. The molecule has 144 valence electrons. The maximum atomic E-state index is 12.6. The van der Waals surface area contributed by atoms with Crippen molar-refractivity contribution in [3.63, 3.8) is 0 Å². The number of hydrazine groups is 1. The summed E-state index contributed by atoms with van der Waals surface area (Å²) in [6, 6.07) is 12.9. The highest BCUT2D eigenvalue weighted by Gasteiger charge is 2.30. The Bertz CT molecular complexity index is 965. The first kappa shape index (κ1) is 18.9. The van der Waals surface area contributed by atoms with E-state index in [0.29, 0.717) is 5.69 Å². The molecule has 0 aliphatic carbocycles. The Labute approximate surface area is 156 Å². The molecule has 0 saturated carbocycles. The van der Waals surface area contributed by atoms with Crippen molar-refractivity contribution in [3.05, 3.63) is 76.6 Å². The molecule has 2 aromatic carbocycles. The third-order valence-electron chi connectivity index (χ3n) is 3.58. The van der Waals surface area contributed by atoms with Gasteiger partial charge in [-0.2, -0.15) is 13.2 Å². The van der Waals surface area contributed by atoms with Gasteiger partial charge < -0.3 is 5.32 Å². The number of hydrogen-bond donors (Lipinski definition) is 3. The second-order valence-corrected chi connectivity index (χ2v) is 5.49. The van der Waals surface area contributed by atoms with Crippen LogP contribution in [0.1, 0.15) is 5.56 Å². The fourth-order valence-corrected chi connectivity index (χ4v) is 2.27. The average Bonchev–Trinajstić information content (AvgIpc) is 2.67. The molecule has 0 amide bonds. The first-order valence-electron chi connectivity index (χ1n) is 7.85. The molecule has 0 saturated heterocycles. The molecule has 0 bridgehead atoms. The van der Waals surface area contributed by atoms with Gasteiger partial charge in [-0.3, -0.25) is 21.0 Å². The standard InChI is InChI=1S/C17H13F3N6O2/c18-17(19,20)11-6-8-12(9-7-11)23-15-14(26(27)28)16(22-10-21-15)25-24-13-4-2-1-3-5-13/h1-10,24H,(H2,21,22,23,25). The van der Waals surface area contributed by atoms with Gasteiger partial charge in [-0.05, 0) is 36.4 Å². The van der Waals surface area contributed by atoms with Crippen LogP contribution in [-0.2, 0) is 6.18 Å². The molecule has 11 heteroatoms. The van der Waals surface area contributed by atoms with E-state index in [1.807, 2.05) is 6.07 Å². The monoisotopic (exact) mass is 390 g/mol. The maximum absolute atomic E-state index is 12.6. The van der Waals surface area contributed by atoms with Crippen molar-refractivity contribution >= 4 is 28.7 Å². The minimum atomic E-state index is -4.47. The maximum Gasteiger partial charge on any atom is 0.416 e. The van der Waals surface area contributed by atoms with Crippen LogP contribution >= 0.6 is 0 Å². The Morgan fingerprint density at radius 1 is 0.857 bits per heavy atom. The lowest BCUT2D eigenvalue weighted by molar-refractivity contribution is -0.383. The van der Waals surface area contributed by atoms with Gasteiger partial charge in [0.25, 0.3) is 0 Å². The van der Waals surface area contributed by atoms with Gasteiger partial charge in [0.15, 0.2) is 0 Å². The van der Waals surface area contributed by atoms with Crippen molar-refractivity contribution in [3.8, 4) is 0 Å². The minimum Gasteiger partial charge on any atom is -0.334 e. The van der Waals surface area contributed by atoms with E-state index in [9.17, 15) is 23.3 Å². The van der Waals surface area contributed by atoms with Crippen LogP contribution in [0.4, 0.5) is 41.9 Å². The van der Waals surface area contributed by atoms with E-state index in [1.165, 1.54) is 0 Å². The van der Waals surface area contributed by atoms with Crippen molar-refractivity contribution in [1.82, 2.24) is 9.97 Å². The van der Waals surface area contributed by atoms with E-state index < -0.39 is 22.4 Å². The molecule has 1 aromatic heterocycles. The Hall–Kier alpha value is -3.89. The van der Waals surface area contributed by atoms with Crippen molar-refractivity contribution in [2.75, 3.05) is 16.2 Å². The Kier molecular flexibility index (Phi) is 5.25. The van der Waals surface area contributed by atoms with Gasteiger partial charge in [-0.25, -0.2) is 9.97 Å². The number of alkyl halides is 3. The van der Waals surface area contributed by atoms with Crippen LogP contribution in [0.25, 0.3) is 0 Å². The van der Waals surface area contributed by atoms with E-state index >= 15 is 0 Å². The third-order valence-corrected chi connectivity index (χ3v) is 3.58. The van der Waals surface area contributed by atoms with Gasteiger partial charge in [0.2, 0.25) is 11.6 Å². The molecule has 3 rings (SSSR count). The average molecular weight is 390 g/mol. The first-order chi connectivity index (χ1) is 13.3. The number of halogens is 3. The lowest BCUT2D eigenvalue weighted by Crippen LogP contribution is -2.13. The Morgan fingerprint density at radius 2 is 1.50 bits per heavy atom. The fourth-order valence-electron chi connectivity index (χ4n) is 2.27. The summed E-state index contributed by atoms with van der Waals surface area (Å²) in [7, 11) is 0. The SMILES string of the molecule is O=[N+]([O-])c1c(NNc2ccccc2)ncnc1Nc1ccc(C(F)(F)F)cc1. The Balaban J connectivity index is 1.84. The minimum absolute atomic E-state index is 0.113. The molecule has 0 fully saturated rings. The van der Waals surface area contributed by atoms with Gasteiger partial charge in [-0.1, -0.05) is 18.2 Å². The zero-order valence-corrected chi connectivity index (χ0v) is 14.1. The summed E-state index contributed by atoms with van der Waals surface area (Å²) in [4.78, 5) is 18.5. The van der Waals surface area contributed by atoms with Gasteiger partial charge >= 0.3 is 11.9 Å². The van der Waals surface area contributed by atoms with Crippen molar-refractivity contribution in [2.45, 2.75) is 6.18 Å². The van der Waals surface area contributed by atoms with Crippen LogP contribution in [0.2, 0.25) is 0 Å². The first-order valence-corrected chi connectivity index (χ1v) is 7.85. The highest BCUT2D eigenvalue weighted by Crippen LogP contribution is 2.33. The molecule has 0 aliphatic heterocycles. The zero-order valence-electron chi connectivity index (χ0n) is 14.1. The molecular formula is C17H13F3N6O2. The van der Waals surface area contributed by atoms with E-state index in [4.69, 9.17) is 0 Å². The number of nitro groups is 1. The summed E-state index contributed by atoms with van der Waals surface area (Å²) in [5.74, 6) is -0.282. The summed E-state index contributed by atoms with van der Waals surface area (Å²) < 4.78 is 37.9. The van der Waals surface area contributed by atoms with Gasteiger partial charge in [-0.15, -0.1) is 0 Å². The molecule has 0 unspecified atom stereocenters. The lowest BCUT2D eigenvalue weighted by Gasteiger charge is -2.12. The van der Waals surface area contributed by atoms with Gasteiger partial charge in [0, 0.05) is 5.69 Å². The summed E-state index contributed by atoms with van der Waals surface area (Å²) in [6.45, 7) is 0. The second kappa shape index (κ2) is 7.78. The van der Waals surface area contributed by atoms with Crippen molar-refractivity contribution in [2.24, 2.45) is 0 Å². The van der Waals surface area contributed by atoms with Crippen LogP contribution < -0.4 is 16.2 Å². The van der Waals surface area contributed by atoms with Crippen LogP contribution in [0.5, 0.6) is 0 Å². The lowest BCUT2D eigenvalue weighted by atomic mass is 10.2. The van der Waals surface area contributed by atoms with Gasteiger partial charge in [0.05, 0.1) is 16.2 Å². The normalized spacial score (nSPS) is 11.0. The summed E-state index contributed by atoms with van der Waals surface area (Å²) >= 11 is 0. The smallest absolute Gasteiger partial charge is 0.334 e. The van der Waals surface area contributed by atoms with E-state index in [0.717, 1.165) is 30.6 Å². The number of benzene rings is 2. The highest BCUT2D eigenvalue weighted by atomic mass is 19.4. The second-order valence-electron chi connectivity index (χ2n) is 5.49. The fraction of sp³-hybridized carbons (Fsp3) is 0.0588. The van der Waals surface area contributed by atoms with E-state index in [2.05, 4.69) is 26.1 Å². The molecule has 28 heavy (non-hydrogen) atoms. The molecular weight excluding hydrogens is 377 g/mol. The Morgan fingerprint density at radius 3 is 2.11 bits per heavy atom. The zero-order chi connectivity index (χ0) is 20.1. The number of rotatable bonds is 6. The number of aromatic nitrogens is 2. The predicted molar refractivity (Wildman–Crippen MR) is 97.1 cm³/mol. The van der Waals surface area contributed by atoms with Crippen LogP contribution in [-0.4, -0.2) is 14.9 Å². The molecule has 3 aromatic rings. The van der Waals surface area contributed by atoms with E-state index in [1.54, 1.807) is 24.3 Å². The molecule has 0 atom stereocenters. The van der Waals surface area contributed by atoms with E-state index in [-0.39, 0.29) is 17.3 Å². The van der Waals surface area contributed by atoms with Gasteiger partial charge in [0.1, 0.15) is 6.33 Å². The molecule has 0 aliphatic rings. The number of nitrogens with one attached hydrogen (secondary N) is 3. The molecule has 0 radical (unpaired) electrons. The van der Waals surface area contributed by atoms with Crippen LogP contribution in [0.15, 0.2) is 60.9 Å². The largest absolute Gasteiger partial charge is 0.416 e. The number of anilines is 4. The predicted octanol–water partition coefficient (Wildman–Crippen LogP) is 4.59. The number of para-hydroxylation sites is 1. The van der Waals surface area contributed by atoms with Crippen LogP contribution in [0.3, 0.4) is 0 Å². The van der Waals surface area contributed by atoms with Crippen molar-refractivity contribution in [1.29, 1.82) is 0 Å². The molecule has 1 heterocycles. The summed E-state index contributed by atoms with van der Waals surface area (Å²) in [5, 5.41) is 14.1. The highest BCUT2D eigenvalue weighted by molar-refractivity contribution is 5.74. The topological polar surface area (TPSA) is 105 Å². The quantitative estimate of drug-likeness (QED) is 0.418. The summed E-state index contributed by atoms with van der Waals surface area (Å²) in [5.41, 5.74) is 4.96. The summed E-state index contributed by atoms with van der Waals surface area (Å²) in [6.07, 6.45) is -3.38. The van der Waals surface area contributed by atoms with Crippen molar-refractivity contribution < 1.29 is 18.1 Å². The molecule has 3 N–H and O–H groups in total. The third kappa shape index (κ3) is 4.44. The molecule has 8 nitrogen and oxygen atoms in total.